The molecule has 0 saturated heterocycles. The van der Waals surface area contributed by atoms with Crippen LogP contribution in [0.1, 0.15) is 22.8 Å². The second-order valence-electron chi connectivity index (χ2n) is 4.46. The molecule has 2 rings (SSSR count). The van der Waals surface area contributed by atoms with Gasteiger partial charge in [-0.25, -0.2) is 4.39 Å². The van der Waals surface area contributed by atoms with Gasteiger partial charge in [-0.2, -0.15) is 0 Å². The van der Waals surface area contributed by atoms with Crippen molar-refractivity contribution in [2.75, 3.05) is 0 Å². The summed E-state index contributed by atoms with van der Waals surface area (Å²) in [5, 5.41) is 10.7. The molecule has 1 nitrogen and oxygen atoms in total. The number of aliphatic hydroxyl groups excluding tert-OH is 1. The molecule has 2 aromatic rings. The van der Waals surface area contributed by atoms with Gasteiger partial charge in [0.15, 0.2) is 0 Å². The highest BCUT2D eigenvalue weighted by Gasteiger charge is 2.14. The molecule has 0 aliphatic heterocycles. The fourth-order valence-corrected chi connectivity index (χ4v) is 2.70. The molecule has 2 aromatic carbocycles. The van der Waals surface area contributed by atoms with Crippen LogP contribution in [0.25, 0.3) is 0 Å². The Morgan fingerprint density at radius 1 is 1.26 bits per heavy atom. The van der Waals surface area contributed by atoms with E-state index in [0.717, 1.165) is 15.6 Å². The maximum atomic E-state index is 13.2. The summed E-state index contributed by atoms with van der Waals surface area (Å²) in [5.41, 5.74) is 2.41. The maximum Gasteiger partial charge on any atom is 0.123 e. The van der Waals surface area contributed by atoms with E-state index in [1.54, 1.807) is 0 Å². The van der Waals surface area contributed by atoms with Crippen LogP contribution in [-0.2, 0) is 6.42 Å². The fraction of sp³-hybridized carbons (Fsp3) is 0.200. The Hall–Kier alpha value is -0.900. The molecule has 0 radical (unpaired) electrons. The van der Waals surface area contributed by atoms with Crippen LogP contribution in [-0.4, -0.2) is 5.11 Å². The van der Waals surface area contributed by atoms with Crippen LogP contribution in [0, 0.1) is 12.7 Å². The molecule has 0 aliphatic rings. The molecule has 19 heavy (non-hydrogen) atoms. The van der Waals surface area contributed by atoms with Crippen LogP contribution < -0.4 is 0 Å². The SMILES string of the molecule is Cc1cc(Br)ccc1C(O)Cc1cc(F)ccc1Cl. The molecule has 0 aromatic heterocycles. The highest BCUT2D eigenvalue weighted by Crippen LogP contribution is 2.27. The van der Waals surface area contributed by atoms with Gasteiger partial charge in [-0.1, -0.05) is 33.6 Å². The first-order valence-corrected chi connectivity index (χ1v) is 7.02. The Bertz CT molecular complexity index is 601. The Morgan fingerprint density at radius 3 is 2.68 bits per heavy atom. The number of hydrogen-bond donors (Lipinski definition) is 1. The van der Waals surface area contributed by atoms with E-state index < -0.39 is 6.10 Å². The third-order valence-corrected chi connectivity index (χ3v) is 3.87. The molecule has 0 bridgehead atoms. The molecule has 0 amide bonds. The summed E-state index contributed by atoms with van der Waals surface area (Å²) >= 11 is 9.39. The van der Waals surface area contributed by atoms with Crippen molar-refractivity contribution in [2.24, 2.45) is 0 Å². The van der Waals surface area contributed by atoms with E-state index in [1.165, 1.54) is 18.2 Å². The Morgan fingerprint density at radius 2 is 2.00 bits per heavy atom. The zero-order valence-electron chi connectivity index (χ0n) is 10.3. The van der Waals surface area contributed by atoms with E-state index in [2.05, 4.69) is 15.9 Å². The minimum Gasteiger partial charge on any atom is -0.388 e. The van der Waals surface area contributed by atoms with Crippen LogP contribution in [0.3, 0.4) is 0 Å². The van der Waals surface area contributed by atoms with Gasteiger partial charge >= 0.3 is 0 Å². The summed E-state index contributed by atoms with van der Waals surface area (Å²) in [4.78, 5) is 0. The number of halogens is 3. The summed E-state index contributed by atoms with van der Waals surface area (Å²) < 4.78 is 14.1. The van der Waals surface area contributed by atoms with E-state index in [1.807, 2.05) is 25.1 Å². The third kappa shape index (κ3) is 3.56. The van der Waals surface area contributed by atoms with Crippen molar-refractivity contribution >= 4 is 27.5 Å². The van der Waals surface area contributed by atoms with E-state index in [-0.39, 0.29) is 5.82 Å². The van der Waals surface area contributed by atoms with Crippen molar-refractivity contribution in [3.63, 3.8) is 0 Å². The maximum absolute atomic E-state index is 13.2. The predicted octanol–water partition coefficient (Wildman–Crippen LogP) is 4.83. The molecular formula is C15H13BrClFO. The van der Waals surface area contributed by atoms with Gasteiger partial charge in [0.2, 0.25) is 0 Å². The van der Waals surface area contributed by atoms with Crippen LogP contribution in [0.2, 0.25) is 5.02 Å². The normalized spacial score (nSPS) is 12.5. The Labute approximate surface area is 125 Å². The van der Waals surface area contributed by atoms with Gasteiger partial charge in [-0.3, -0.25) is 0 Å². The van der Waals surface area contributed by atoms with E-state index in [0.29, 0.717) is 17.0 Å². The fourth-order valence-electron chi connectivity index (χ4n) is 2.03. The molecule has 0 aliphatic carbocycles. The average Bonchev–Trinajstić information content (AvgIpc) is 2.33. The first-order chi connectivity index (χ1) is 8.97. The standard InChI is InChI=1S/C15H13BrClFO/c1-9-6-11(16)2-4-13(9)15(19)8-10-7-12(18)3-5-14(10)17/h2-7,15,19H,8H2,1H3. The van der Waals surface area contributed by atoms with Crippen molar-refractivity contribution in [1.29, 1.82) is 0 Å². The molecule has 1 N–H and O–H groups in total. The van der Waals surface area contributed by atoms with Gasteiger partial charge in [0.25, 0.3) is 0 Å². The van der Waals surface area contributed by atoms with Crippen molar-refractivity contribution < 1.29 is 9.50 Å². The minimum absolute atomic E-state index is 0.291. The van der Waals surface area contributed by atoms with Crippen molar-refractivity contribution in [3.05, 3.63) is 68.4 Å². The number of benzene rings is 2. The van der Waals surface area contributed by atoms with Gasteiger partial charge in [0, 0.05) is 15.9 Å². The highest BCUT2D eigenvalue weighted by molar-refractivity contribution is 9.10. The molecule has 0 heterocycles. The highest BCUT2D eigenvalue weighted by atomic mass is 79.9. The molecule has 0 spiro atoms. The lowest BCUT2D eigenvalue weighted by molar-refractivity contribution is 0.177. The van der Waals surface area contributed by atoms with Gasteiger partial charge < -0.3 is 5.11 Å². The quantitative estimate of drug-likeness (QED) is 0.846. The van der Waals surface area contributed by atoms with Crippen LogP contribution in [0.5, 0.6) is 0 Å². The van der Waals surface area contributed by atoms with Gasteiger partial charge in [0.05, 0.1) is 6.10 Å². The summed E-state index contributed by atoms with van der Waals surface area (Å²) in [6, 6.07) is 9.85. The first kappa shape index (κ1) is 14.5. The van der Waals surface area contributed by atoms with Gasteiger partial charge in [-0.15, -0.1) is 0 Å². The minimum atomic E-state index is -0.701. The second kappa shape index (κ2) is 6.04. The molecule has 100 valence electrons. The summed E-state index contributed by atoms with van der Waals surface area (Å²) in [7, 11) is 0. The monoisotopic (exact) mass is 342 g/mol. The van der Waals surface area contributed by atoms with Gasteiger partial charge in [0.1, 0.15) is 5.82 Å². The van der Waals surface area contributed by atoms with Crippen molar-refractivity contribution in [1.82, 2.24) is 0 Å². The van der Waals surface area contributed by atoms with Crippen molar-refractivity contribution in [2.45, 2.75) is 19.4 Å². The molecular weight excluding hydrogens is 331 g/mol. The zero-order valence-corrected chi connectivity index (χ0v) is 12.7. The van der Waals surface area contributed by atoms with Crippen LogP contribution in [0.15, 0.2) is 40.9 Å². The number of hydrogen-bond acceptors (Lipinski definition) is 1. The second-order valence-corrected chi connectivity index (χ2v) is 5.78. The Kier molecular flexibility index (Phi) is 4.61. The summed E-state index contributed by atoms with van der Waals surface area (Å²) in [6.07, 6.45) is -0.411. The lowest BCUT2D eigenvalue weighted by atomic mass is 9.98. The van der Waals surface area contributed by atoms with Crippen LogP contribution >= 0.6 is 27.5 Å². The van der Waals surface area contributed by atoms with Crippen LogP contribution in [0.4, 0.5) is 4.39 Å². The lowest BCUT2D eigenvalue weighted by Crippen LogP contribution is -2.04. The topological polar surface area (TPSA) is 20.2 Å². The lowest BCUT2D eigenvalue weighted by Gasteiger charge is -2.15. The smallest absolute Gasteiger partial charge is 0.123 e. The predicted molar refractivity (Wildman–Crippen MR) is 79.0 cm³/mol. The molecule has 0 saturated carbocycles. The largest absolute Gasteiger partial charge is 0.388 e. The zero-order chi connectivity index (χ0) is 14.0. The third-order valence-electron chi connectivity index (χ3n) is 3.01. The summed E-state index contributed by atoms with van der Waals surface area (Å²) in [6.45, 7) is 1.93. The molecule has 0 fully saturated rings. The average molecular weight is 344 g/mol. The number of aryl methyl sites for hydroxylation is 1. The van der Waals surface area contributed by atoms with E-state index in [9.17, 15) is 9.50 Å². The van der Waals surface area contributed by atoms with E-state index >= 15 is 0 Å². The Balaban J connectivity index is 2.25. The number of aliphatic hydroxyl groups is 1. The molecule has 1 unspecified atom stereocenters. The van der Waals surface area contributed by atoms with E-state index in [4.69, 9.17) is 11.6 Å². The van der Waals surface area contributed by atoms with Gasteiger partial charge in [-0.05, 0) is 53.9 Å². The summed E-state index contributed by atoms with van der Waals surface area (Å²) in [5.74, 6) is -0.348. The van der Waals surface area contributed by atoms with Crippen molar-refractivity contribution in [3.8, 4) is 0 Å². The first-order valence-electron chi connectivity index (χ1n) is 5.85. The molecule has 4 heteroatoms. The number of rotatable bonds is 3. The molecule has 1 atom stereocenters.